The van der Waals surface area contributed by atoms with E-state index in [4.69, 9.17) is 4.74 Å². The fraction of sp³-hybridized carbons (Fsp3) is 0.938. The number of halogens is 4. The number of ether oxygens (including phenoxy) is 1. The molecule has 0 aromatic rings. The summed E-state index contributed by atoms with van der Waals surface area (Å²) in [6.07, 6.45) is 6.56. The van der Waals surface area contributed by atoms with Crippen molar-refractivity contribution in [1.29, 1.82) is 0 Å². The average molecular weight is 542 g/mol. The van der Waals surface area contributed by atoms with Crippen LogP contribution in [0.4, 0.5) is 13.2 Å². The van der Waals surface area contributed by atoms with Gasteiger partial charge in [0.25, 0.3) is 0 Å². The maximum Gasteiger partial charge on any atom is 0.511 e. The third-order valence-electron chi connectivity index (χ3n) is 4.92. The molecule has 0 atom stereocenters. The number of nitrogens with zero attached hydrogens (tertiary/aromatic N) is 2. The summed E-state index contributed by atoms with van der Waals surface area (Å²) < 4.78 is 66.9. The molecule has 0 aromatic carbocycles. The van der Waals surface area contributed by atoms with Crippen molar-refractivity contribution in [2.24, 2.45) is 4.99 Å². The van der Waals surface area contributed by atoms with Crippen LogP contribution in [-0.4, -0.2) is 69.6 Å². The van der Waals surface area contributed by atoms with Crippen molar-refractivity contribution >= 4 is 40.0 Å². The number of guanidine groups is 1. The Hall–Kier alpha value is -0.340. The molecule has 1 saturated heterocycles. The van der Waals surface area contributed by atoms with Gasteiger partial charge in [0.05, 0.1) is 6.10 Å². The SMILES string of the molecule is CN=C(NCCCOC1CCCC1)NC1CCN(S(=O)(=O)C(F)(F)F)CC1.I. The van der Waals surface area contributed by atoms with Gasteiger partial charge >= 0.3 is 15.5 Å². The topological polar surface area (TPSA) is 83.0 Å². The quantitative estimate of drug-likeness (QED) is 0.224. The van der Waals surface area contributed by atoms with Crippen molar-refractivity contribution in [2.75, 3.05) is 33.3 Å². The molecule has 0 amide bonds. The van der Waals surface area contributed by atoms with Gasteiger partial charge in [-0.05, 0) is 32.1 Å². The van der Waals surface area contributed by atoms with E-state index in [0.717, 1.165) is 19.3 Å². The third kappa shape index (κ3) is 7.48. The predicted octanol–water partition coefficient (Wildman–Crippen LogP) is 2.43. The van der Waals surface area contributed by atoms with Gasteiger partial charge in [0.2, 0.25) is 0 Å². The lowest BCUT2D eigenvalue weighted by Gasteiger charge is -2.32. The number of hydrogen-bond acceptors (Lipinski definition) is 4. The minimum absolute atomic E-state index is 0. The second-order valence-corrected chi connectivity index (χ2v) is 8.83. The maximum absolute atomic E-state index is 12.6. The molecule has 1 aliphatic carbocycles. The number of hydrogen-bond donors (Lipinski definition) is 2. The Kier molecular flexibility index (Phi) is 10.8. The minimum atomic E-state index is -5.24. The molecule has 7 nitrogen and oxygen atoms in total. The Morgan fingerprint density at radius 2 is 1.79 bits per heavy atom. The number of rotatable bonds is 7. The summed E-state index contributed by atoms with van der Waals surface area (Å²) in [5.41, 5.74) is -5.24. The first-order chi connectivity index (χ1) is 12.7. The Balaban J connectivity index is 0.00000392. The van der Waals surface area contributed by atoms with Crippen molar-refractivity contribution in [3.05, 3.63) is 0 Å². The van der Waals surface area contributed by atoms with E-state index in [1.54, 1.807) is 7.05 Å². The molecule has 0 bridgehead atoms. The average Bonchev–Trinajstić information content (AvgIpc) is 3.13. The van der Waals surface area contributed by atoms with E-state index in [2.05, 4.69) is 15.6 Å². The molecule has 28 heavy (non-hydrogen) atoms. The van der Waals surface area contributed by atoms with Gasteiger partial charge in [-0.1, -0.05) is 12.8 Å². The highest BCUT2D eigenvalue weighted by Crippen LogP contribution is 2.28. The largest absolute Gasteiger partial charge is 0.511 e. The Bertz CT molecular complexity index is 590. The third-order valence-corrected chi connectivity index (χ3v) is 6.55. The number of aliphatic imine (C=N–C) groups is 1. The van der Waals surface area contributed by atoms with Crippen LogP contribution in [0.3, 0.4) is 0 Å². The van der Waals surface area contributed by atoms with E-state index in [1.165, 1.54) is 12.8 Å². The van der Waals surface area contributed by atoms with Gasteiger partial charge in [-0.2, -0.15) is 17.5 Å². The number of nitrogens with one attached hydrogen (secondary N) is 2. The van der Waals surface area contributed by atoms with E-state index >= 15 is 0 Å². The van der Waals surface area contributed by atoms with E-state index in [-0.39, 0.29) is 43.1 Å². The zero-order chi connectivity index (χ0) is 19.9. The van der Waals surface area contributed by atoms with Gasteiger partial charge in [0.15, 0.2) is 5.96 Å². The molecule has 2 fully saturated rings. The van der Waals surface area contributed by atoms with Gasteiger partial charge < -0.3 is 15.4 Å². The first-order valence-electron chi connectivity index (χ1n) is 9.39. The molecule has 0 spiro atoms. The Labute approximate surface area is 181 Å². The second kappa shape index (κ2) is 11.7. The Morgan fingerprint density at radius 1 is 1.18 bits per heavy atom. The van der Waals surface area contributed by atoms with E-state index in [9.17, 15) is 21.6 Å². The van der Waals surface area contributed by atoms with Crippen LogP contribution in [0.25, 0.3) is 0 Å². The maximum atomic E-state index is 12.6. The molecule has 1 heterocycles. The van der Waals surface area contributed by atoms with Crippen molar-refractivity contribution in [3.8, 4) is 0 Å². The molecular formula is C16H30F3IN4O3S. The lowest BCUT2D eigenvalue weighted by Crippen LogP contribution is -2.51. The molecule has 1 saturated carbocycles. The van der Waals surface area contributed by atoms with Gasteiger partial charge in [0.1, 0.15) is 0 Å². The normalized spacial score (nSPS) is 20.8. The van der Waals surface area contributed by atoms with Crippen LogP contribution in [0.1, 0.15) is 44.9 Å². The van der Waals surface area contributed by atoms with Crippen LogP contribution in [0.15, 0.2) is 4.99 Å². The molecule has 12 heteroatoms. The minimum Gasteiger partial charge on any atom is -0.378 e. The highest BCUT2D eigenvalue weighted by Gasteiger charge is 2.50. The fourth-order valence-electron chi connectivity index (χ4n) is 3.36. The van der Waals surface area contributed by atoms with E-state index in [0.29, 0.717) is 42.4 Å². The molecule has 0 aromatic heterocycles. The molecule has 0 unspecified atom stereocenters. The molecular weight excluding hydrogens is 512 g/mol. The first-order valence-corrected chi connectivity index (χ1v) is 10.8. The summed E-state index contributed by atoms with van der Waals surface area (Å²) >= 11 is 0. The van der Waals surface area contributed by atoms with Gasteiger partial charge in [-0.25, -0.2) is 8.42 Å². The van der Waals surface area contributed by atoms with Crippen LogP contribution >= 0.6 is 24.0 Å². The zero-order valence-electron chi connectivity index (χ0n) is 16.0. The number of sulfonamides is 1. The van der Waals surface area contributed by atoms with Gasteiger partial charge in [0, 0.05) is 39.3 Å². The summed E-state index contributed by atoms with van der Waals surface area (Å²) in [6.45, 7) is 1.04. The first kappa shape index (κ1) is 25.7. The van der Waals surface area contributed by atoms with Crippen LogP contribution in [0, 0.1) is 0 Å². The van der Waals surface area contributed by atoms with Gasteiger partial charge in [-0.15, -0.1) is 24.0 Å². The summed E-state index contributed by atoms with van der Waals surface area (Å²) in [7, 11) is -3.62. The second-order valence-electron chi connectivity index (χ2n) is 6.90. The zero-order valence-corrected chi connectivity index (χ0v) is 19.1. The standard InChI is InChI=1S/C16H29F3N4O3S.HI/c1-20-15(21-9-4-12-26-14-5-2-3-6-14)22-13-7-10-23(11-8-13)27(24,25)16(17,18)19;/h13-14H,2-12H2,1H3,(H2,20,21,22);1H. The highest BCUT2D eigenvalue weighted by molar-refractivity contribution is 14.0. The van der Waals surface area contributed by atoms with Gasteiger partial charge in [-0.3, -0.25) is 4.99 Å². The number of alkyl halides is 3. The highest BCUT2D eigenvalue weighted by atomic mass is 127. The summed E-state index contributed by atoms with van der Waals surface area (Å²) in [4.78, 5) is 4.11. The molecule has 2 N–H and O–H groups in total. The lowest BCUT2D eigenvalue weighted by molar-refractivity contribution is -0.0494. The van der Waals surface area contributed by atoms with Crippen molar-refractivity contribution < 1.29 is 26.3 Å². The van der Waals surface area contributed by atoms with Crippen LogP contribution in [-0.2, 0) is 14.8 Å². The molecule has 1 aliphatic heterocycles. The van der Waals surface area contributed by atoms with E-state index in [1.807, 2.05) is 0 Å². The van der Waals surface area contributed by atoms with Crippen LogP contribution in [0.5, 0.6) is 0 Å². The summed E-state index contributed by atoms with van der Waals surface area (Å²) in [5, 5.41) is 6.30. The molecule has 2 aliphatic rings. The molecule has 2 rings (SSSR count). The van der Waals surface area contributed by atoms with E-state index < -0.39 is 15.5 Å². The summed E-state index contributed by atoms with van der Waals surface area (Å²) in [6, 6.07) is -0.120. The monoisotopic (exact) mass is 542 g/mol. The summed E-state index contributed by atoms with van der Waals surface area (Å²) in [5.74, 6) is 0.563. The van der Waals surface area contributed by atoms with Crippen LogP contribution in [0.2, 0.25) is 0 Å². The predicted molar refractivity (Wildman–Crippen MR) is 112 cm³/mol. The van der Waals surface area contributed by atoms with Crippen molar-refractivity contribution in [2.45, 2.75) is 62.6 Å². The van der Waals surface area contributed by atoms with Crippen molar-refractivity contribution in [1.82, 2.24) is 14.9 Å². The number of piperidine rings is 1. The van der Waals surface area contributed by atoms with Crippen LogP contribution < -0.4 is 10.6 Å². The molecule has 166 valence electrons. The smallest absolute Gasteiger partial charge is 0.378 e. The Morgan fingerprint density at radius 3 is 2.32 bits per heavy atom. The lowest BCUT2D eigenvalue weighted by atomic mass is 10.1. The van der Waals surface area contributed by atoms with Crippen molar-refractivity contribution in [3.63, 3.8) is 0 Å². The molecule has 0 radical (unpaired) electrons. The fourth-order valence-corrected chi connectivity index (χ4v) is 4.34.